The van der Waals surface area contributed by atoms with Crippen molar-refractivity contribution in [1.29, 1.82) is 0 Å². The van der Waals surface area contributed by atoms with E-state index in [-0.39, 0.29) is 16.9 Å². The Morgan fingerprint density at radius 3 is 2.38 bits per heavy atom. The van der Waals surface area contributed by atoms with Crippen LogP contribution in [0.15, 0.2) is 42.7 Å². The number of hydrogen-bond donors (Lipinski definition) is 1. The summed E-state index contributed by atoms with van der Waals surface area (Å²) in [6.07, 6.45) is -3.46. The molecule has 1 unspecified atom stereocenters. The molecule has 1 heterocycles. The lowest BCUT2D eigenvalue weighted by Gasteiger charge is -2.38. The van der Waals surface area contributed by atoms with Crippen LogP contribution < -0.4 is 4.74 Å². The molecule has 0 spiro atoms. The number of methoxy groups -OCH3 is 1. The Labute approximate surface area is 149 Å². The maximum atomic E-state index is 13.7. The molecule has 2 rings (SSSR count). The molecular formula is C19H21F4NO2. The summed E-state index contributed by atoms with van der Waals surface area (Å²) in [6.45, 7) is 3.04. The van der Waals surface area contributed by atoms with Gasteiger partial charge in [0, 0.05) is 24.4 Å². The van der Waals surface area contributed by atoms with E-state index in [4.69, 9.17) is 4.74 Å². The van der Waals surface area contributed by atoms with Crippen LogP contribution in [0.4, 0.5) is 17.6 Å². The van der Waals surface area contributed by atoms with Crippen LogP contribution in [-0.4, -0.2) is 29.0 Å². The summed E-state index contributed by atoms with van der Waals surface area (Å²) in [5.74, 6) is -0.320. The van der Waals surface area contributed by atoms with E-state index in [1.54, 1.807) is 0 Å². The average Bonchev–Trinajstić information content (AvgIpc) is 2.54. The third kappa shape index (κ3) is 4.33. The quantitative estimate of drug-likeness (QED) is 0.764. The molecular weight excluding hydrogens is 350 g/mol. The second-order valence-corrected chi connectivity index (χ2v) is 6.97. The Kier molecular flexibility index (Phi) is 5.61. The van der Waals surface area contributed by atoms with Crippen LogP contribution in [0.2, 0.25) is 0 Å². The Hall–Kier alpha value is -2.15. The molecule has 0 radical (unpaired) electrons. The first-order chi connectivity index (χ1) is 12.0. The number of hydrogen-bond acceptors (Lipinski definition) is 3. The van der Waals surface area contributed by atoms with Gasteiger partial charge in [0.05, 0.1) is 7.11 Å². The summed E-state index contributed by atoms with van der Waals surface area (Å²) in [6, 6.07) is 6.65. The number of aromatic nitrogens is 1. The minimum atomic E-state index is -4.87. The Balaban J connectivity index is 2.43. The van der Waals surface area contributed by atoms with Crippen LogP contribution in [-0.2, 0) is 11.8 Å². The van der Waals surface area contributed by atoms with Crippen LogP contribution in [0.3, 0.4) is 0 Å². The fourth-order valence-corrected chi connectivity index (χ4v) is 3.14. The number of benzene rings is 1. The van der Waals surface area contributed by atoms with E-state index >= 15 is 0 Å². The molecule has 7 heteroatoms. The van der Waals surface area contributed by atoms with Gasteiger partial charge in [-0.25, -0.2) is 4.39 Å². The van der Waals surface area contributed by atoms with Crippen molar-refractivity contribution in [3.05, 3.63) is 59.7 Å². The van der Waals surface area contributed by atoms with Gasteiger partial charge in [0.2, 0.25) is 0 Å². The van der Waals surface area contributed by atoms with E-state index in [0.29, 0.717) is 0 Å². The normalized spacial score (nSPS) is 14.8. The number of nitrogens with zero attached hydrogens (tertiary/aromatic N) is 1. The zero-order chi connectivity index (χ0) is 19.6. The van der Waals surface area contributed by atoms with Gasteiger partial charge in [0.25, 0.3) is 0 Å². The van der Waals surface area contributed by atoms with E-state index in [2.05, 4.69) is 4.98 Å². The van der Waals surface area contributed by atoms with Crippen LogP contribution in [0.5, 0.6) is 5.75 Å². The van der Waals surface area contributed by atoms with E-state index < -0.39 is 35.9 Å². The van der Waals surface area contributed by atoms with Gasteiger partial charge >= 0.3 is 6.18 Å². The average molecular weight is 371 g/mol. The number of halogens is 4. The SMILES string of the molecule is COc1ccc(F)cc1C(C)(C)CC(O)(Cc1cccnc1)C(F)(F)F. The topological polar surface area (TPSA) is 42.4 Å². The Morgan fingerprint density at radius 1 is 1.15 bits per heavy atom. The molecule has 1 aromatic carbocycles. The second kappa shape index (κ2) is 7.23. The highest BCUT2D eigenvalue weighted by molar-refractivity contribution is 5.40. The van der Waals surface area contributed by atoms with Gasteiger partial charge < -0.3 is 9.84 Å². The summed E-state index contributed by atoms with van der Waals surface area (Å²) >= 11 is 0. The molecule has 0 aliphatic carbocycles. The predicted octanol–water partition coefficient (Wildman–Crippen LogP) is 4.43. The van der Waals surface area contributed by atoms with E-state index in [0.717, 1.165) is 6.07 Å². The molecule has 1 atom stereocenters. The molecule has 0 bridgehead atoms. The molecule has 0 fully saturated rings. The third-order valence-corrected chi connectivity index (χ3v) is 4.37. The van der Waals surface area contributed by atoms with Crippen molar-refractivity contribution in [1.82, 2.24) is 4.98 Å². The zero-order valence-electron chi connectivity index (χ0n) is 14.8. The lowest BCUT2D eigenvalue weighted by Crippen LogP contribution is -2.50. The fraction of sp³-hybridized carbons (Fsp3) is 0.421. The monoisotopic (exact) mass is 371 g/mol. The highest BCUT2D eigenvalue weighted by Gasteiger charge is 2.56. The van der Waals surface area contributed by atoms with Crippen LogP contribution in [0.25, 0.3) is 0 Å². The zero-order valence-corrected chi connectivity index (χ0v) is 14.8. The Bertz CT molecular complexity index is 747. The Morgan fingerprint density at radius 2 is 1.85 bits per heavy atom. The maximum Gasteiger partial charge on any atom is 0.417 e. The van der Waals surface area contributed by atoms with Gasteiger partial charge in [-0.15, -0.1) is 0 Å². The van der Waals surface area contributed by atoms with Gasteiger partial charge in [-0.05, 0) is 41.7 Å². The first-order valence-corrected chi connectivity index (χ1v) is 8.00. The molecule has 0 aliphatic heterocycles. The molecule has 0 aliphatic rings. The molecule has 0 saturated carbocycles. The van der Waals surface area contributed by atoms with E-state index in [1.807, 2.05) is 0 Å². The number of pyridine rings is 1. The minimum absolute atomic E-state index is 0.258. The number of alkyl halides is 3. The lowest BCUT2D eigenvalue weighted by atomic mass is 9.73. The molecule has 142 valence electrons. The summed E-state index contributed by atoms with van der Waals surface area (Å²) in [7, 11) is 1.36. The first kappa shape index (κ1) is 20.2. The van der Waals surface area contributed by atoms with Gasteiger partial charge in [-0.1, -0.05) is 19.9 Å². The first-order valence-electron chi connectivity index (χ1n) is 8.00. The number of rotatable bonds is 6. The molecule has 26 heavy (non-hydrogen) atoms. The maximum absolute atomic E-state index is 13.7. The molecule has 1 N–H and O–H groups in total. The third-order valence-electron chi connectivity index (χ3n) is 4.37. The molecule has 0 amide bonds. The summed E-state index contributed by atoms with van der Waals surface area (Å²) in [5.41, 5.74) is -3.69. The second-order valence-electron chi connectivity index (χ2n) is 6.97. The summed E-state index contributed by atoms with van der Waals surface area (Å²) < 4.78 is 60.0. The van der Waals surface area contributed by atoms with Crippen molar-refractivity contribution in [2.24, 2.45) is 0 Å². The fourth-order valence-electron chi connectivity index (χ4n) is 3.14. The van der Waals surface area contributed by atoms with Gasteiger partial charge in [0.1, 0.15) is 11.6 Å². The van der Waals surface area contributed by atoms with Crippen LogP contribution in [0.1, 0.15) is 31.4 Å². The standard InChI is InChI=1S/C19H21F4NO2/c1-17(2,15-9-14(20)6-7-16(15)26-3)12-18(25,19(21,22)23)10-13-5-4-8-24-11-13/h4-9,11,25H,10,12H2,1-3H3. The van der Waals surface area contributed by atoms with Gasteiger partial charge in [0.15, 0.2) is 5.60 Å². The molecule has 3 nitrogen and oxygen atoms in total. The van der Waals surface area contributed by atoms with Crippen molar-refractivity contribution >= 4 is 0 Å². The number of aliphatic hydroxyl groups is 1. The van der Waals surface area contributed by atoms with Crippen molar-refractivity contribution in [2.45, 2.75) is 43.9 Å². The molecule has 2 aromatic rings. The highest BCUT2D eigenvalue weighted by atomic mass is 19.4. The van der Waals surface area contributed by atoms with Gasteiger partial charge in [-0.2, -0.15) is 13.2 Å². The lowest BCUT2D eigenvalue weighted by molar-refractivity contribution is -0.266. The highest BCUT2D eigenvalue weighted by Crippen LogP contribution is 2.45. The molecule has 0 saturated heterocycles. The minimum Gasteiger partial charge on any atom is -0.496 e. The van der Waals surface area contributed by atoms with Crippen LogP contribution >= 0.6 is 0 Å². The summed E-state index contributed by atoms with van der Waals surface area (Å²) in [4.78, 5) is 3.80. The van der Waals surface area contributed by atoms with E-state index in [9.17, 15) is 22.7 Å². The largest absolute Gasteiger partial charge is 0.496 e. The van der Waals surface area contributed by atoms with E-state index in [1.165, 1.54) is 57.6 Å². The number of ether oxygens (including phenoxy) is 1. The van der Waals surface area contributed by atoms with Crippen molar-refractivity contribution < 1.29 is 27.4 Å². The van der Waals surface area contributed by atoms with Crippen molar-refractivity contribution in [2.75, 3.05) is 7.11 Å². The van der Waals surface area contributed by atoms with Crippen LogP contribution in [0, 0.1) is 5.82 Å². The molecule has 1 aromatic heterocycles. The van der Waals surface area contributed by atoms with Crippen molar-refractivity contribution in [3.63, 3.8) is 0 Å². The predicted molar refractivity (Wildman–Crippen MR) is 89.5 cm³/mol. The van der Waals surface area contributed by atoms with Gasteiger partial charge in [-0.3, -0.25) is 4.98 Å². The van der Waals surface area contributed by atoms with Crippen molar-refractivity contribution in [3.8, 4) is 5.75 Å². The summed E-state index contributed by atoms with van der Waals surface area (Å²) in [5, 5.41) is 10.5. The smallest absolute Gasteiger partial charge is 0.417 e.